The van der Waals surface area contributed by atoms with Gasteiger partial charge < -0.3 is 5.32 Å². The number of carbonyl (C=O) groups is 1. The highest BCUT2D eigenvalue weighted by Crippen LogP contribution is 2.05. The molecule has 2 rings (SSSR count). The number of hydrogen-bond donors (Lipinski definition) is 1. The Hall–Kier alpha value is -1.71. The molecule has 0 radical (unpaired) electrons. The average molecular weight is 175 g/mol. The first-order chi connectivity index (χ1) is 6.27. The monoisotopic (exact) mass is 175 g/mol. The van der Waals surface area contributed by atoms with E-state index in [0.717, 1.165) is 5.56 Å². The Morgan fingerprint density at radius 2 is 2.08 bits per heavy atom. The zero-order valence-corrected chi connectivity index (χ0v) is 7.19. The summed E-state index contributed by atoms with van der Waals surface area (Å²) in [7, 11) is 0. The lowest BCUT2D eigenvalue weighted by atomic mass is 10.2. The van der Waals surface area contributed by atoms with Crippen LogP contribution in [0.15, 0.2) is 29.5 Å². The molecule has 0 fully saturated rings. The van der Waals surface area contributed by atoms with E-state index in [2.05, 4.69) is 15.3 Å². The minimum Gasteiger partial charge on any atom is -0.309 e. The highest BCUT2D eigenvalue weighted by atomic mass is 16.2. The van der Waals surface area contributed by atoms with Crippen LogP contribution in [0.5, 0.6) is 0 Å². The summed E-state index contributed by atoms with van der Waals surface area (Å²) in [6.45, 7) is 1.77. The van der Waals surface area contributed by atoms with Crippen molar-refractivity contribution < 1.29 is 4.79 Å². The molecule has 0 aliphatic carbocycles. The molecule has 1 N–H and O–H groups in total. The predicted octanol–water partition coefficient (Wildman–Crippen LogP) is 0.346. The molecule has 4 nitrogen and oxygen atoms in total. The standard InChI is InChI=1S/C9H9N3O/c1-6-9(13)12-8(11-6)7-2-4-10-5-3-7/h2-6H,1H3,(H,11,12,13). The number of amides is 1. The fourth-order valence-corrected chi connectivity index (χ4v) is 1.16. The molecule has 1 aromatic rings. The van der Waals surface area contributed by atoms with Crippen LogP contribution in [0.3, 0.4) is 0 Å². The third kappa shape index (κ3) is 1.42. The molecule has 2 heterocycles. The van der Waals surface area contributed by atoms with Crippen molar-refractivity contribution >= 4 is 11.7 Å². The highest BCUT2D eigenvalue weighted by molar-refractivity contribution is 6.13. The molecular weight excluding hydrogens is 166 g/mol. The Morgan fingerprint density at radius 3 is 2.62 bits per heavy atom. The summed E-state index contributed by atoms with van der Waals surface area (Å²) < 4.78 is 0. The summed E-state index contributed by atoms with van der Waals surface area (Å²) in [5, 5.41) is 2.70. The van der Waals surface area contributed by atoms with Crippen molar-refractivity contribution in [3.05, 3.63) is 30.1 Å². The van der Waals surface area contributed by atoms with E-state index in [-0.39, 0.29) is 11.9 Å². The van der Waals surface area contributed by atoms with Crippen molar-refractivity contribution in [2.45, 2.75) is 13.0 Å². The molecule has 1 unspecified atom stereocenters. The summed E-state index contributed by atoms with van der Waals surface area (Å²) in [6, 6.07) is 3.36. The van der Waals surface area contributed by atoms with Gasteiger partial charge in [0.25, 0.3) is 0 Å². The van der Waals surface area contributed by atoms with E-state index < -0.39 is 0 Å². The van der Waals surface area contributed by atoms with Crippen LogP contribution in [0.4, 0.5) is 0 Å². The van der Waals surface area contributed by atoms with Crippen molar-refractivity contribution in [3.63, 3.8) is 0 Å². The molecule has 1 aromatic heterocycles. The van der Waals surface area contributed by atoms with Crippen LogP contribution in [0.1, 0.15) is 12.5 Å². The number of nitrogens with one attached hydrogen (secondary N) is 1. The fraction of sp³-hybridized carbons (Fsp3) is 0.222. The van der Waals surface area contributed by atoms with Crippen molar-refractivity contribution in [2.24, 2.45) is 4.99 Å². The second-order valence-electron chi connectivity index (χ2n) is 2.88. The number of carbonyl (C=O) groups excluding carboxylic acids is 1. The Kier molecular flexibility index (Phi) is 1.81. The third-order valence-electron chi connectivity index (χ3n) is 1.90. The number of hydrogen-bond acceptors (Lipinski definition) is 3. The van der Waals surface area contributed by atoms with Crippen LogP contribution in [0, 0.1) is 0 Å². The van der Waals surface area contributed by atoms with Gasteiger partial charge in [-0.3, -0.25) is 14.8 Å². The summed E-state index contributed by atoms with van der Waals surface area (Å²) in [4.78, 5) is 19.2. The smallest absolute Gasteiger partial charge is 0.250 e. The zero-order valence-electron chi connectivity index (χ0n) is 7.19. The third-order valence-corrected chi connectivity index (χ3v) is 1.90. The minimum atomic E-state index is -0.275. The van der Waals surface area contributed by atoms with Gasteiger partial charge in [0, 0.05) is 18.0 Å². The van der Waals surface area contributed by atoms with Crippen LogP contribution in [0.25, 0.3) is 0 Å². The number of amidine groups is 1. The molecule has 0 bridgehead atoms. The van der Waals surface area contributed by atoms with Gasteiger partial charge in [-0.25, -0.2) is 0 Å². The van der Waals surface area contributed by atoms with E-state index in [9.17, 15) is 4.79 Å². The van der Waals surface area contributed by atoms with E-state index >= 15 is 0 Å². The first-order valence-electron chi connectivity index (χ1n) is 4.06. The van der Waals surface area contributed by atoms with Gasteiger partial charge in [0.2, 0.25) is 5.91 Å². The van der Waals surface area contributed by atoms with Crippen LogP contribution in [0.2, 0.25) is 0 Å². The van der Waals surface area contributed by atoms with Crippen LogP contribution >= 0.6 is 0 Å². The number of nitrogens with zero attached hydrogens (tertiary/aromatic N) is 2. The second-order valence-corrected chi connectivity index (χ2v) is 2.88. The van der Waals surface area contributed by atoms with Gasteiger partial charge in [-0.15, -0.1) is 0 Å². The summed E-state index contributed by atoms with van der Waals surface area (Å²) in [5.41, 5.74) is 0.896. The zero-order chi connectivity index (χ0) is 9.26. The first kappa shape index (κ1) is 7.91. The maximum Gasteiger partial charge on any atom is 0.250 e. The van der Waals surface area contributed by atoms with E-state index in [4.69, 9.17) is 0 Å². The normalized spacial score (nSPS) is 21.2. The van der Waals surface area contributed by atoms with Crippen LogP contribution in [-0.2, 0) is 4.79 Å². The molecule has 0 aromatic carbocycles. The van der Waals surface area contributed by atoms with Gasteiger partial charge >= 0.3 is 0 Å². The molecule has 1 amide bonds. The van der Waals surface area contributed by atoms with E-state index in [1.165, 1.54) is 0 Å². The van der Waals surface area contributed by atoms with Gasteiger partial charge in [-0.1, -0.05) is 0 Å². The van der Waals surface area contributed by atoms with Crippen LogP contribution in [-0.4, -0.2) is 22.8 Å². The maximum atomic E-state index is 11.1. The first-order valence-corrected chi connectivity index (χ1v) is 4.06. The predicted molar refractivity (Wildman–Crippen MR) is 48.4 cm³/mol. The van der Waals surface area contributed by atoms with Gasteiger partial charge in [0.1, 0.15) is 11.9 Å². The van der Waals surface area contributed by atoms with Crippen LogP contribution < -0.4 is 5.32 Å². The largest absolute Gasteiger partial charge is 0.309 e. The van der Waals surface area contributed by atoms with E-state index in [1.54, 1.807) is 19.3 Å². The summed E-state index contributed by atoms with van der Waals surface area (Å²) in [6.07, 6.45) is 3.35. The Morgan fingerprint density at radius 1 is 1.38 bits per heavy atom. The number of aromatic nitrogens is 1. The van der Waals surface area contributed by atoms with E-state index in [1.807, 2.05) is 12.1 Å². The van der Waals surface area contributed by atoms with Crippen molar-refractivity contribution in [1.29, 1.82) is 0 Å². The van der Waals surface area contributed by atoms with Gasteiger partial charge in [0.15, 0.2) is 0 Å². The lowest BCUT2D eigenvalue weighted by Gasteiger charge is -1.98. The van der Waals surface area contributed by atoms with Crippen molar-refractivity contribution in [2.75, 3.05) is 0 Å². The lowest BCUT2D eigenvalue weighted by molar-refractivity contribution is -0.119. The summed E-state index contributed by atoms with van der Waals surface area (Å²) in [5.74, 6) is 0.590. The molecule has 13 heavy (non-hydrogen) atoms. The van der Waals surface area contributed by atoms with Crippen molar-refractivity contribution in [1.82, 2.24) is 10.3 Å². The molecule has 1 aliphatic rings. The molecule has 66 valence electrons. The summed E-state index contributed by atoms with van der Waals surface area (Å²) >= 11 is 0. The minimum absolute atomic E-state index is 0.0492. The fourth-order valence-electron chi connectivity index (χ4n) is 1.16. The van der Waals surface area contributed by atoms with Gasteiger partial charge in [0.05, 0.1) is 0 Å². The average Bonchev–Trinajstić information content (AvgIpc) is 2.49. The van der Waals surface area contributed by atoms with Crippen molar-refractivity contribution in [3.8, 4) is 0 Å². The number of aliphatic imine (C=N–C) groups is 1. The quantitative estimate of drug-likeness (QED) is 0.669. The number of rotatable bonds is 1. The Labute approximate surface area is 75.7 Å². The molecule has 1 atom stereocenters. The molecular formula is C9H9N3O. The SMILES string of the molecule is CC1N=C(c2ccncc2)NC1=O. The van der Waals surface area contributed by atoms with E-state index in [0.29, 0.717) is 5.84 Å². The second kappa shape index (κ2) is 2.97. The number of pyridine rings is 1. The molecule has 0 saturated heterocycles. The lowest BCUT2D eigenvalue weighted by Crippen LogP contribution is -2.27. The molecule has 0 spiro atoms. The Balaban J connectivity index is 2.30. The molecule has 1 aliphatic heterocycles. The molecule has 0 saturated carbocycles. The maximum absolute atomic E-state index is 11.1. The van der Waals surface area contributed by atoms with Gasteiger partial charge in [-0.2, -0.15) is 0 Å². The molecule has 4 heteroatoms. The van der Waals surface area contributed by atoms with Gasteiger partial charge in [-0.05, 0) is 19.1 Å². The Bertz CT molecular complexity index is 358. The highest BCUT2D eigenvalue weighted by Gasteiger charge is 2.22. The topological polar surface area (TPSA) is 54.4 Å².